The Morgan fingerprint density at radius 1 is 1.29 bits per heavy atom. The molecule has 2 aromatic rings. The first-order valence-corrected chi connectivity index (χ1v) is 7.70. The summed E-state index contributed by atoms with van der Waals surface area (Å²) in [5.41, 5.74) is -5.06. The summed E-state index contributed by atoms with van der Waals surface area (Å²) in [7, 11) is 0. The molecule has 0 fully saturated rings. The van der Waals surface area contributed by atoms with Crippen LogP contribution in [0.3, 0.4) is 0 Å². The summed E-state index contributed by atoms with van der Waals surface area (Å²) in [5.74, 6) is 3.95. The summed E-state index contributed by atoms with van der Waals surface area (Å²) >= 11 is 0. The predicted molar refractivity (Wildman–Crippen MR) is 92.8 cm³/mol. The van der Waals surface area contributed by atoms with Crippen LogP contribution in [0.25, 0.3) is 0 Å². The third-order valence-corrected chi connectivity index (χ3v) is 3.80. The fraction of sp³-hybridized carbons (Fsp3) is 0.176. The summed E-state index contributed by atoms with van der Waals surface area (Å²) in [6.45, 7) is 2.27. The van der Waals surface area contributed by atoms with E-state index in [0.717, 1.165) is 37.0 Å². The minimum Gasteiger partial charge on any atom is -0.464 e. The van der Waals surface area contributed by atoms with E-state index in [9.17, 15) is 13.9 Å². The SMILES string of the molecule is C=COc1ccc(C(F)(F)C(O)(CN(N)/C=N\N)c2ccc(F)cc2F)nc1. The third kappa shape index (κ3) is 4.05. The van der Waals surface area contributed by atoms with E-state index in [4.69, 9.17) is 16.4 Å². The molecule has 0 saturated carbocycles. The zero-order chi connectivity index (χ0) is 20.9. The molecule has 11 heteroatoms. The standard InChI is InChI=1S/C17H17F4N5O2/c1-2-28-12-4-6-15(24-8-12)17(20,21)16(27,9-26(23)10-25-22)13-5-3-11(18)7-14(13)19/h2-8,10,27H,1,9,22-23H2/b25-10-. The van der Waals surface area contributed by atoms with Crippen LogP contribution in [-0.2, 0) is 11.5 Å². The zero-order valence-corrected chi connectivity index (χ0v) is 14.4. The van der Waals surface area contributed by atoms with Gasteiger partial charge in [0.2, 0.25) is 0 Å². The van der Waals surface area contributed by atoms with E-state index < -0.39 is 41.0 Å². The predicted octanol–water partition coefficient (Wildman–Crippen LogP) is 1.94. The summed E-state index contributed by atoms with van der Waals surface area (Å²) < 4.78 is 63.0. The lowest BCUT2D eigenvalue weighted by Crippen LogP contribution is -2.53. The number of aromatic nitrogens is 1. The lowest BCUT2D eigenvalue weighted by molar-refractivity contribution is -0.203. The molecule has 0 saturated heterocycles. The Hall–Kier alpha value is -3.18. The second-order valence-corrected chi connectivity index (χ2v) is 5.66. The van der Waals surface area contributed by atoms with E-state index in [0.29, 0.717) is 17.1 Å². The average Bonchev–Trinajstić information content (AvgIpc) is 2.62. The normalized spacial score (nSPS) is 13.9. The zero-order valence-electron chi connectivity index (χ0n) is 14.4. The van der Waals surface area contributed by atoms with Crippen molar-refractivity contribution in [1.29, 1.82) is 0 Å². The molecule has 0 aliphatic carbocycles. The van der Waals surface area contributed by atoms with Gasteiger partial charge in [0.25, 0.3) is 0 Å². The number of ether oxygens (including phenoxy) is 1. The van der Waals surface area contributed by atoms with Crippen LogP contribution in [0.4, 0.5) is 17.6 Å². The number of nitrogens with two attached hydrogens (primary N) is 2. The Morgan fingerprint density at radius 2 is 2.00 bits per heavy atom. The first kappa shape index (κ1) is 21.1. The fourth-order valence-electron chi connectivity index (χ4n) is 2.51. The van der Waals surface area contributed by atoms with Gasteiger partial charge in [-0.2, -0.15) is 13.9 Å². The molecule has 5 N–H and O–H groups in total. The summed E-state index contributed by atoms with van der Waals surface area (Å²) in [5, 5.41) is 14.5. The average molecular weight is 399 g/mol. The number of nitrogens with zero attached hydrogens (tertiary/aromatic N) is 3. The molecule has 7 nitrogen and oxygen atoms in total. The molecule has 0 amide bonds. The number of hydrogen-bond donors (Lipinski definition) is 3. The number of benzene rings is 1. The van der Waals surface area contributed by atoms with Gasteiger partial charge in [-0.15, -0.1) is 0 Å². The maximum absolute atomic E-state index is 15.3. The van der Waals surface area contributed by atoms with Gasteiger partial charge in [0.15, 0.2) is 5.60 Å². The van der Waals surface area contributed by atoms with Gasteiger partial charge in [-0.25, -0.2) is 14.6 Å². The second-order valence-electron chi connectivity index (χ2n) is 5.66. The number of alkyl halides is 2. The molecule has 1 unspecified atom stereocenters. The van der Waals surface area contributed by atoms with E-state index >= 15 is 8.78 Å². The van der Waals surface area contributed by atoms with Crippen molar-refractivity contribution >= 4 is 6.34 Å². The van der Waals surface area contributed by atoms with Crippen molar-refractivity contribution in [2.75, 3.05) is 6.54 Å². The van der Waals surface area contributed by atoms with Crippen molar-refractivity contribution in [3.05, 3.63) is 72.3 Å². The Labute approximate surface area is 157 Å². The summed E-state index contributed by atoms with van der Waals surface area (Å²) in [6.07, 6.45) is 2.78. The maximum atomic E-state index is 15.3. The van der Waals surface area contributed by atoms with Crippen LogP contribution in [0.5, 0.6) is 5.75 Å². The second kappa shape index (κ2) is 8.23. The molecular formula is C17H17F4N5O2. The highest BCUT2D eigenvalue weighted by Crippen LogP contribution is 2.46. The lowest BCUT2D eigenvalue weighted by atomic mass is 9.84. The van der Waals surface area contributed by atoms with Gasteiger partial charge in [-0.3, -0.25) is 9.99 Å². The molecule has 2 rings (SSSR count). The monoisotopic (exact) mass is 399 g/mol. The van der Waals surface area contributed by atoms with Crippen molar-refractivity contribution < 1.29 is 27.4 Å². The van der Waals surface area contributed by atoms with Gasteiger partial charge in [0, 0.05) is 11.6 Å². The Bertz CT molecular complexity index is 863. The Kier molecular flexibility index (Phi) is 6.21. The van der Waals surface area contributed by atoms with Gasteiger partial charge in [-0.1, -0.05) is 6.58 Å². The van der Waals surface area contributed by atoms with Gasteiger partial charge < -0.3 is 15.7 Å². The van der Waals surface area contributed by atoms with Crippen molar-refractivity contribution in [3.8, 4) is 5.75 Å². The number of hydrogen-bond acceptors (Lipinski definition) is 6. The van der Waals surface area contributed by atoms with E-state index in [1.165, 1.54) is 0 Å². The van der Waals surface area contributed by atoms with E-state index in [-0.39, 0.29) is 5.75 Å². The van der Waals surface area contributed by atoms with Crippen molar-refractivity contribution in [2.45, 2.75) is 11.5 Å². The minimum atomic E-state index is -4.17. The smallest absolute Gasteiger partial charge is 0.323 e. The number of hydrazone groups is 1. The topological polar surface area (TPSA) is 110 Å². The van der Waals surface area contributed by atoms with Crippen molar-refractivity contribution in [1.82, 2.24) is 9.99 Å². The molecule has 28 heavy (non-hydrogen) atoms. The minimum absolute atomic E-state index is 0.113. The number of halogens is 4. The fourth-order valence-corrected chi connectivity index (χ4v) is 2.51. The van der Waals surface area contributed by atoms with Crippen LogP contribution in [0, 0.1) is 11.6 Å². The number of rotatable bonds is 8. The molecule has 0 aliphatic heterocycles. The van der Waals surface area contributed by atoms with Gasteiger partial charge in [0.05, 0.1) is 19.0 Å². The molecule has 0 bridgehead atoms. The highest BCUT2D eigenvalue weighted by atomic mass is 19.3. The maximum Gasteiger partial charge on any atom is 0.323 e. The molecule has 150 valence electrons. The number of aliphatic hydroxyl groups is 1. The van der Waals surface area contributed by atoms with Crippen molar-refractivity contribution in [3.63, 3.8) is 0 Å². The van der Waals surface area contributed by atoms with Crippen LogP contribution < -0.4 is 16.4 Å². The van der Waals surface area contributed by atoms with Crippen LogP contribution >= 0.6 is 0 Å². The summed E-state index contributed by atoms with van der Waals surface area (Å²) in [4.78, 5) is 3.56. The van der Waals surface area contributed by atoms with E-state index in [2.05, 4.69) is 16.7 Å². The molecule has 0 radical (unpaired) electrons. The molecule has 1 aromatic carbocycles. The van der Waals surface area contributed by atoms with E-state index in [1.807, 2.05) is 0 Å². The van der Waals surface area contributed by atoms with Crippen molar-refractivity contribution in [2.24, 2.45) is 16.8 Å². The molecule has 1 atom stereocenters. The largest absolute Gasteiger partial charge is 0.464 e. The van der Waals surface area contributed by atoms with Crippen LogP contribution in [-0.4, -0.2) is 28.0 Å². The van der Waals surface area contributed by atoms with Crippen LogP contribution in [0.2, 0.25) is 0 Å². The first-order valence-electron chi connectivity index (χ1n) is 7.70. The number of hydrazine groups is 1. The first-order chi connectivity index (χ1) is 13.2. The van der Waals surface area contributed by atoms with Gasteiger partial charge >= 0.3 is 5.92 Å². The molecular weight excluding hydrogens is 382 g/mol. The van der Waals surface area contributed by atoms with Gasteiger partial charge in [-0.05, 0) is 24.3 Å². The van der Waals surface area contributed by atoms with Crippen LogP contribution in [0.15, 0.2) is 54.5 Å². The Balaban J connectivity index is 2.59. The highest BCUT2D eigenvalue weighted by Gasteiger charge is 2.58. The number of pyridine rings is 1. The molecule has 0 aliphatic rings. The van der Waals surface area contributed by atoms with Gasteiger partial charge in [0.1, 0.15) is 29.4 Å². The molecule has 1 aromatic heterocycles. The van der Waals surface area contributed by atoms with Crippen LogP contribution in [0.1, 0.15) is 11.3 Å². The lowest BCUT2D eigenvalue weighted by Gasteiger charge is -2.37. The summed E-state index contributed by atoms with van der Waals surface area (Å²) in [6, 6.07) is 3.82. The molecule has 1 heterocycles. The van der Waals surface area contributed by atoms with E-state index in [1.54, 1.807) is 0 Å². The third-order valence-electron chi connectivity index (χ3n) is 3.80. The Morgan fingerprint density at radius 3 is 2.54 bits per heavy atom. The highest BCUT2D eigenvalue weighted by molar-refractivity contribution is 5.53. The quantitative estimate of drug-likeness (QED) is 0.156. The molecule has 0 spiro atoms.